The van der Waals surface area contributed by atoms with E-state index in [1.165, 1.54) is 6.07 Å². The van der Waals surface area contributed by atoms with Gasteiger partial charge in [0.1, 0.15) is 15.6 Å². The molecule has 2 N–H and O–H groups in total. The first-order valence-corrected chi connectivity index (χ1v) is 5.13. The normalized spacial score (nSPS) is 11.4. The number of nitrogens with one attached hydrogen (secondary N) is 1. The van der Waals surface area contributed by atoms with Crippen LogP contribution in [0.4, 0.5) is 0 Å². The lowest BCUT2D eigenvalue weighted by Gasteiger charge is -2.17. The molecule has 0 saturated carbocycles. The zero-order valence-corrected chi connectivity index (χ0v) is 9.51. The third-order valence-corrected chi connectivity index (χ3v) is 2.81. The Balaban J connectivity index is 2.99. The highest BCUT2D eigenvalue weighted by molar-refractivity contribution is 8.01. The molecule has 0 aliphatic heterocycles. The average molecular weight is 228 g/mol. The maximum atomic E-state index is 11.1. The Morgan fingerprint density at radius 2 is 2.20 bits per heavy atom. The number of H-pyrrole nitrogens is 1. The van der Waals surface area contributed by atoms with Gasteiger partial charge in [-0.05, 0) is 20.8 Å². The summed E-state index contributed by atoms with van der Waals surface area (Å²) in [4.78, 5) is 28.5. The number of rotatable bonds is 3. The second-order valence-electron chi connectivity index (χ2n) is 3.59. The molecule has 0 fully saturated rings. The smallest absolute Gasteiger partial charge is 0.319 e. The Hall–Kier alpha value is -1.30. The molecule has 82 valence electrons. The predicted molar refractivity (Wildman–Crippen MR) is 57.2 cm³/mol. The summed E-state index contributed by atoms with van der Waals surface area (Å²) in [5.74, 6) is -0.460. The second-order valence-corrected chi connectivity index (χ2v) is 5.23. The number of carboxylic acids is 1. The topological polar surface area (TPSA) is 83.0 Å². The fourth-order valence-corrected chi connectivity index (χ4v) is 1.87. The van der Waals surface area contributed by atoms with Crippen molar-refractivity contribution in [3.8, 4) is 0 Å². The van der Waals surface area contributed by atoms with E-state index in [1.807, 2.05) is 0 Å². The number of hydrogen-bond donors (Lipinski definition) is 2. The number of carboxylic acid groups (broad SMARTS) is 1. The molecule has 1 aromatic rings. The fraction of sp³-hybridized carbons (Fsp3) is 0.444. The van der Waals surface area contributed by atoms with Gasteiger partial charge in [0.05, 0.1) is 0 Å². The fourth-order valence-electron chi connectivity index (χ4n) is 0.909. The van der Waals surface area contributed by atoms with E-state index in [0.717, 1.165) is 11.8 Å². The van der Waals surface area contributed by atoms with Crippen LogP contribution in [0.2, 0.25) is 0 Å². The van der Waals surface area contributed by atoms with E-state index < -0.39 is 10.7 Å². The van der Waals surface area contributed by atoms with Crippen molar-refractivity contribution in [1.29, 1.82) is 0 Å². The van der Waals surface area contributed by atoms with Crippen molar-refractivity contribution in [3.05, 3.63) is 22.2 Å². The molecule has 0 atom stereocenters. The van der Waals surface area contributed by atoms with E-state index in [9.17, 15) is 9.59 Å². The van der Waals surface area contributed by atoms with Crippen molar-refractivity contribution < 1.29 is 9.90 Å². The van der Waals surface area contributed by atoms with Crippen LogP contribution in [0, 0.1) is 6.92 Å². The first-order valence-electron chi connectivity index (χ1n) is 4.31. The molecule has 0 saturated heterocycles. The quantitative estimate of drug-likeness (QED) is 0.596. The largest absolute Gasteiger partial charge is 0.480 e. The molecule has 1 rings (SSSR count). The van der Waals surface area contributed by atoms with E-state index in [-0.39, 0.29) is 5.56 Å². The summed E-state index contributed by atoms with van der Waals surface area (Å²) in [6, 6.07) is 1.29. The van der Waals surface area contributed by atoms with Crippen LogP contribution in [0.3, 0.4) is 0 Å². The molecule has 5 nitrogen and oxygen atoms in total. The third-order valence-electron chi connectivity index (χ3n) is 1.71. The molecular weight excluding hydrogens is 216 g/mol. The molecule has 1 aromatic heterocycles. The van der Waals surface area contributed by atoms with Gasteiger partial charge >= 0.3 is 5.97 Å². The zero-order valence-electron chi connectivity index (χ0n) is 8.70. The summed E-state index contributed by atoms with van der Waals surface area (Å²) in [5.41, 5.74) is -0.272. The van der Waals surface area contributed by atoms with Crippen LogP contribution < -0.4 is 5.56 Å². The number of thioether (sulfide) groups is 1. The van der Waals surface area contributed by atoms with E-state index in [2.05, 4.69) is 9.97 Å². The molecule has 0 bridgehead atoms. The van der Waals surface area contributed by atoms with Gasteiger partial charge in [-0.25, -0.2) is 4.98 Å². The number of aromatic amines is 1. The second kappa shape index (κ2) is 4.06. The summed E-state index contributed by atoms with van der Waals surface area (Å²) in [7, 11) is 0. The van der Waals surface area contributed by atoms with Gasteiger partial charge in [-0.1, -0.05) is 11.8 Å². The number of aliphatic carboxylic acids is 1. The van der Waals surface area contributed by atoms with Crippen molar-refractivity contribution in [2.45, 2.75) is 30.5 Å². The minimum atomic E-state index is -0.993. The van der Waals surface area contributed by atoms with Gasteiger partial charge in [0, 0.05) is 6.07 Å². The highest BCUT2D eigenvalue weighted by Gasteiger charge is 2.29. The van der Waals surface area contributed by atoms with Crippen LogP contribution in [0.25, 0.3) is 0 Å². The zero-order chi connectivity index (χ0) is 11.6. The van der Waals surface area contributed by atoms with Crippen LogP contribution in [-0.4, -0.2) is 25.8 Å². The molecule has 0 unspecified atom stereocenters. The monoisotopic (exact) mass is 228 g/mol. The Kier molecular flexibility index (Phi) is 3.18. The minimum Gasteiger partial charge on any atom is -0.480 e. The van der Waals surface area contributed by atoms with Crippen LogP contribution in [-0.2, 0) is 4.79 Å². The highest BCUT2D eigenvalue weighted by atomic mass is 32.2. The van der Waals surface area contributed by atoms with E-state index in [4.69, 9.17) is 5.11 Å². The van der Waals surface area contributed by atoms with Crippen molar-refractivity contribution >= 4 is 17.7 Å². The van der Waals surface area contributed by atoms with Gasteiger partial charge in [-0.3, -0.25) is 9.59 Å². The van der Waals surface area contributed by atoms with Crippen LogP contribution in [0.5, 0.6) is 0 Å². The molecule has 0 aliphatic rings. The lowest BCUT2D eigenvalue weighted by Crippen LogP contribution is -2.27. The SMILES string of the molecule is Cc1nc(SC(C)(C)C(=O)O)cc(=O)[nH]1. The third kappa shape index (κ3) is 3.09. The summed E-state index contributed by atoms with van der Waals surface area (Å²) >= 11 is 1.05. The van der Waals surface area contributed by atoms with Gasteiger partial charge in [0.2, 0.25) is 0 Å². The maximum Gasteiger partial charge on any atom is 0.319 e. The molecule has 15 heavy (non-hydrogen) atoms. The molecule has 0 spiro atoms. The van der Waals surface area contributed by atoms with E-state index in [0.29, 0.717) is 10.9 Å². The molecule has 0 amide bonds. The van der Waals surface area contributed by atoms with Crippen molar-refractivity contribution in [2.24, 2.45) is 0 Å². The van der Waals surface area contributed by atoms with Crippen molar-refractivity contribution in [2.75, 3.05) is 0 Å². The van der Waals surface area contributed by atoms with Crippen molar-refractivity contribution in [1.82, 2.24) is 9.97 Å². The summed E-state index contributed by atoms with van der Waals surface area (Å²) < 4.78 is -0.993. The molecule has 6 heteroatoms. The number of aromatic nitrogens is 2. The summed E-state index contributed by atoms with van der Waals surface area (Å²) in [6.07, 6.45) is 0. The maximum absolute atomic E-state index is 11.1. The Morgan fingerprint density at radius 1 is 1.60 bits per heavy atom. The van der Waals surface area contributed by atoms with Crippen LogP contribution in [0.15, 0.2) is 15.9 Å². The first-order chi connectivity index (χ1) is 6.81. The van der Waals surface area contributed by atoms with Gasteiger partial charge in [0.25, 0.3) is 5.56 Å². The van der Waals surface area contributed by atoms with Crippen LogP contribution in [0.1, 0.15) is 19.7 Å². The predicted octanol–water partition coefficient (Wildman–Crippen LogP) is 1.03. The Morgan fingerprint density at radius 3 is 2.67 bits per heavy atom. The first kappa shape index (κ1) is 11.8. The molecule has 1 heterocycles. The molecular formula is C9H12N2O3S. The minimum absolute atomic E-state index is 0.272. The standard InChI is InChI=1S/C9H12N2O3S/c1-5-10-6(12)4-7(11-5)15-9(2,3)8(13)14/h4H,1-3H3,(H,13,14)(H,10,11,12). The number of nitrogens with zero attached hydrogens (tertiary/aromatic N) is 1. The van der Waals surface area contributed by atoms with Crippen molar-refractivity contribution in [3.63, 3.8) is 0 Å². The average Bonchev–Trinajstić information content (AvgIpc) is 1.99. The van der Waals surface area contributed by atoms with Gasteiger partial charge in [-0.2, -0.15) is 0 Å². The van der Waals surface area contributed by atoms with Gasteiger partial charge in [-0.15, -0.1) is 0 Å². The van der Waals surface area contributed by atoms with Gasteiger partial charge < -0.3 is 10.1 Å². The lowest BCUT2D eigenvalue weighted by atomic mass is 10.2. The highest BCUT2D eigenvalue weighted by Crippen LogP contribution is 2.30. The summed E-state index contributed by atoms with van der Waals surface area (Å²) in [5, 5.41) is 9.33. The van der Waals surface area contributed by atoms with Crippen LogP contribution >= 0.6 is 11.8 Å². The van der Waals surface area contributed by atoms with E-state index in [1.54, 1.807) is 20.8 Å². The molecule has 0 radical (unpaired) electrons. The number of hydrogen-bond acceptors (Lipinski definition) is 4. The lowest BCUT2D eigenvalue weighted by molar-refractivity contribution is -0.138. The van der Waals surface area contributed by atoms with Gasteiger partial charge in [0.15, 0.2) is 0 Å². The number of aryl methyl sites for hydroxylation is 1. The number of carbonyl (C=O) groups is 1. The Labute approximate surface area is 90.9 Å². The molecule has 0 aromatic carbocycles. The summed E-state index contributed by atoms with van der Waals surface area (Å²) in [6.45, 7) is 4.79. The molecule has 0 aliphatic carbocycles. The van der Waals surface area contributed by atoms with E-state index >= 15 is 0 Å². The Bertz CT molecular complexity index is 439.